The van der Waals surface area contributed by atoms with Crippen molar-refractivity contribution in [3.63, 3.8) is 0 Å². The van der Waals surface area contributed by atoms with Crippen molar-refractivity contribution in [1.82, 2.24) is 0 Å². The highest BCUT2D eigenvalue weighted by molar-refractivity contribution is 6.83. The number of aryl methyl sites for hydroxylation is 2. The Morgan fingerprint density at radius 1 is 0.938 bits per heavy atom. The van der Waals surface area contributed by atoms with E-state index in [9.17, 15) is 0 Å². The highest BCUT2D eigenvalue weighted by atomic mass is 28.3. The van der Waals surface area contributed by atoms with Crippen molar-refractivity contribution in [2.24, 2.45) is 0 Å². The lowest BCUT2D eigenvalue weighted by Crippen LogP contribution is -2.16. The Labute approximate surface area is 101 Å². The fourth-order valence-electron chi connectivity index (χ4n) is 1.50. The van der Waals surface area contributed by atoms with E-state index in [4.69, 9.17) is 0 Å². The molecular formula is C15H22Si. The van der Waals surface area contributed by atoms with Crippen LogP contribution in [0.2, 0.25) is 19.6 Å². The fraction of sp³-hybridized carbons (Fsp3) is 0.467. The van der Waals surface area contributed by atoms with Crippen LogP contribution in [-0.2, 0) is 12.8 Å². The van der Waals surface area contributed by atoms with Crippen molar-refractivity contribution in [3.8, 4) is 11.5 Å². The maximum atomic E-state index is 3.43. The smallest absolute Gasteiger partial charge is 0.127 e. The van der Waals surface area contributed by atoms with Gasteiger partial charge in [-0.3, -0.25) is 0 Å². The lowest BCUT2D eigenvalue weighted by molar-refractivity contribution is 1.08. The van der Waals surface area contributed by atoms with E-state index in [-0.39, 0.29) is 0 Å². The van der Waals surface area contributed by atoms with Gasteiger partial charge in [0.15, 0.2) is 0 Å². The number of benzene rings is 1. The Hall–Kier alpha value is -1.00. The first kappa shape index (κ1) is 13.1. The Bertz CT molecular complexity index is 391. The average molecular weight is 230 g/mol. The van der Waals surface area contributed by atoms with E-state index in [1.54, 1.807) is 0 Å². The Morgan fingerprint density at radius 3 is 1.81 bits per heavy atom. The van der Waals surface area contributed by atoms with Crippen LogP contribution in [0, 0.1) is 11.5 Å². The monoisotopic (exact) mass is 230 g/mol. The van der Waals surface area contributed by atoms with E-state index in [1.807, 2.05) is 0 Å². The van der Waals surface area contributed by atoms with Gasteiger partial charge in [0.25, 0.3) is 0 Å². The number of rotatable bonds is 2. The first-order chi connectivity index (χ1) is 7.44. The molecule has 0 bridgehead atoms. The Balaban J connectivity index is 3.07. The standard InChI is InChI=1S/C15H22Si/c1-6-13-10-14(7-2)12-15(11-13)8-9-16(3,4)5/h10-12H,6-7H2,1-5H3. The first-order valence-corrected chi connectivity index (χ1v) is 9.60. The zero-order valence-corrected chi connectivity index (χ0v) is 12.1. The molecule has 1 aromatic carbocycles. The minimum absolute atomic E-state index is 1.09. The summed E-state index contributed by atoms with van der Waals surface area (Å²) >= 11 is 0. The summed E-state index contributed by atoms with van der Waals surface area (Å²) in [4.78, 5) is 0. The van der Waals surface area contributed by atoms with E-state index in [0.717, 1.165) is 12.8 Å². The van der Waals surface area contributed by atoms with Gasteiger partial charge < -0.3 is 0 Å². The van der Waals surface area contributed by atoms with E-state index in [2.05, 4.69) is 63.2 Å². The predicted molar refractivity (Wildman–Crippen MR) is 75.4 cm³/mol. The average Bonchev–Trinajstić information content (AvgIpc) is 2.25. The lowest BCUT2D eigenvalue weighted by atomic mass is 10.0. The van der Waals surface area contributed by atoms with Crippen LogP contribution in [0.3, 0.4) is 0 Å². The second kappa shape index (κ2) is 5.36. The van der Waals surface area contributed by atoms with E-state index in [1.165, 1.54) is 16.7 Å². The van der Waals surface area contributed by atoms with Gasteiger partial charge in [0.2, 0.25) is 0 Å². The second-order valence-corrected chi connectivity index (χ2v) is 10.00. The minimum atomic E-state index is -1.26. The van der Waals surface area contributed by atoms with Crippen LogP contribution >= 0.6 is 0 Å². The zero-order chi connectivity index (χ0) is 12.2. The van der Waals surface area contributed by atoms with Crippen molar-refractivity contribution in [1.29, 1.82) is 0 Å². The molecule has 0 aromatic heterocycles. The molecule has 0 saturated carbocycles. The first-order valence-electron chi connectivity index (χ1n) is 6.10. The molecule has 0 unspecified atom stereocenters. The molecule has 0 N–H and O–H groups in total. The van der Waals surface area contributed by atoms with Crippen LogP contribution in [0.4, 0.5) is 0 Å². The van der Waals surface area contributed by atoms with Crippen molar-refractivity contribution in [3.05, 3.63) is 34.9 Å². The summed E-state index contributed by atoms with van der Waals surface area (Å²) in [6.07, 6.45) is 2.19. The maximum Gasteiger partial charge on any atom is 0.129 e. The molecule has 1 rings (SSSR count). The van der Waals surface area contributed by atoms with Gasteiger partial charge in [-0.15, -0.1) is 5.54 Å². The van der Waals surface area contributed by atoms with E-state index >= 15 is 0 Å². The third-order valence-electron chi connectivity index (χ3n) is 2.45. The van der Waals surface area contributed by atoms with Gasteiger partial charge >= 0.3 is 0 Å². The third-order valence-corrected chi connectivity index (χ3v) is 3.33. The Morgan fingerprint density at radius 2 is 1.44 bits per heavy atom. The van der Waals surface area contributed by atoms with Crippen LogP contribution in [-0.4, -0.2) is 8.07 Å². The Kier molecular flexibility index (Phi) is 4.38. The molecule has 0 aliphatic heterocycles. The molecule has 0 nitrogen and oxygen atoms in total. The molecule has 0 atom stereocenters. The van der Waals surface area contributed by atoms with E-state index in [0.29, 0.717) is 0 Å². The summed E-state index contributed by atoms with van der Waals surface area (Å²) in [6.45, 7) is 11.2. The molecule has 86 valence electrons. The SMILES string of the molecule is CCc1cc(C#C[Si](C)(C)C)cc(CC)c1. The molecule has 0 heterocycles. The topological polar surface area (TPSA) is 0 Å². The van der Waals surface area contributed by atoms with Crippen LogP contribution < -0.4 is 0 Å². The summed E-state index contributed by atoms with van der Waals surface area (Å²) in [5.41, 5.74) is 7.43. The van der Waals surface area contributed by atoms with Gasteiger partial charge in [-0.05, 0) is 36.1 Å². The molecule has 16 heavy (non-hydrogen) atoms. The highest BCUT2D eigenvalue weighted by Gasteiger charge is 2.07. The van der Waals surface area contributed by atoms with Crippen LogP contribution in [0.25, 0.3) is 0 Å². The largest absolute Gasteiger partial charge is 0.129 e. The normalized spacial score (nSPS) is 10.8. The van der Waals surface area contributed by atoms with Crippen LogP contribution in [0.1, 0.15) is 30.5 Å². The number of hydrogen-bond donors (Lipinski definition) is 0. The van der Waals surface area contributed by atoms with Gasteiger partial charge in [-0.1, -0.05) is 45.5 Å². The third kappa shape index (κ3) is 4.24. The molecule has 1 heteroatoms. The van der Waals surface area contributed by atoms with Gasteiger partial charge in [-0.2, -0.15) is 0 Å². The maximum absolute atomic E-state index is 3.43. The molecule has 0 amide bonds. The quantitative estimate of drug-likeness (QED) is 0.531. The van der Waals surface area contributed by atoms with E-state index < -0.39 is 8.07 Å². The van der Waals surface area contributed by atoms with Crippen LogP contribution in [0.15, 0.2) is 18.2 Å². The molecule has 1 aromatic rings. The molecule has 0 radical (unpaired) electrons. The van der Waals surface area contributed by atoms with Crippen molar-refractivity contribution in [2.45, 2.75) is 46.3 Å². The zero-order valence-electron chi connectivity index (χ0n) is 11.1. The molecule has 0 aliphatic rings. The predicted octanol–water partition coefficient (Wildman–Crippen LogP) is 4.04. The molecular weight excluding hydrogens is 208 g/mol. The number of hydrogen-bond acceptors (Lipinski definition) is 0. The van der Waals surface area contributed by atoms with Gasteiger partial charge in [0.1, 0.15) is 8.07 Å². The molecule has 0 aliphatic carbocycles. The summed E-state index contributed by atoms with van der Waals surface area (Å²) in [5, 5.41) is 0. The van der Waals surface area contributed by atoms with Crippen molar-refractivity contribution < 1.29 is 0 Å². The molecule has 0 saturated heterocycles. The van der Waals surface area contributed by atoms with Gasteiger partial charge in [-0.25, -0.2) is 0 Å². The van der Waals surface area contributed by atoms with Crippen molar-refractivity contribution in [2.75, 3.05) is 0 Å². The van der Waals surface area contributed by atoms with Gasteiger partial charge in [0, 0.05) is 5.56 Å². The highest BCUT2D eigenvalue weighted by Crippen LogP contribution is 2.11. The molecule has 0 fully saturated rings. The summed E-state index contributed by atoms with van der Waals surface area (Å²) in [6, 6.07) is 6.75. The minimum Gasteiger partial charge on any atom is -0.127 e. The summed E-state index contributed by atoms with van der Waals surface area (Å²) < 4.78 is 0. The summed E-state index contributed by atoms with van der Waals surface area (Å²) in [7, 11) is -1.26. The molecule has 0 spiro atoms. The van der Waals surface area contributed by atoms with Crippen LogP contribution in [0.5, 0.6) is 0 Å². The second-order valence-electron chi connectivity index (χ2n) is 5.25. The lowest BCUT2D eigenvalue weighted by Gasteiger charge is -2.05. The fourth-order valence-corrected chi connectivity index (χ4v) is 2.02. The van der Waals surface area contributed by atoms with Gasteiger partial charge in [0.05, 0.1) is 0 Å². The van der Waals surface area contributed by atoms with Crippen molar-refractivity contribution >= 4 is 8.07 Å². The summed E-state index contributed by atoms with van der Waals surface area (Å²) in [5.74, 6) is 3.35.